The molecule has 1 aliphatic rings. The third-order valence-electron chi connectivity index (χ3n) is 3.71. The number of nitrogen functional groups attached to an aromatic ring is 1. The van der Waals surface area contributed by atoms with Crippen LogP contribution >= 0.6 is 0 Å². The van der Waals surface area contributed by atoms with Crippen molar-refractivity contribution in [3.63, 3.8) is 0 Å². The molecular formula is C13H18N4. The van der Waals surface area contributed by atoms with E-state index in [1.807, 2.05) is 19.2 Å². The van der Waals surface area contributed by atoms with Crippen LogP contribution in [0.25, 0.3) is 5.65 Å². The number of hydrogen-bond acceptors (Lipinski definition) is 3. The van der Waals surface area contributed by atoms with E-state index in [2.05, 4.69) is 14.6 Å². The van der Waals surface area contributed by atoms with E-state index in [1.54, 1.807) is 0 Å². The Morgan fingerprint density at radius 1 is 1.24 bits per heavy atom. The Bertz CT molecular complexity index is 538. The second kappa shape index (κ2) is 4.02. The molecule has 2 aromatic rings. The van der Waals surface area contributed by atoms with Crippen LogP contribution in [0.5, 0.6) is 0 Å². The van der Waals surface area contributed by atoms with E-state index in [-0.39, 0.29) is 0 Å². The molecule has 2 aromatic heterocycles. The zero-order valence-electron chi connectivity index (χ0n) is 10.2. The second-order valence-electron chi connectivity index (χ2n) is 5.04. The molecule has 2 N–H and O–H groups in total. The minimum Gasteiger partial charge on any atom is -0.398 e. The minimum atomic E-state index is 0.556. The first-order chi connectivity index (χ1) is 8.25. The van der Waals surface area contributed by atoms with Gasteiger partial charge in [-0.2, -0.15) is 0 Å². The molecule has 4 heteroatoms. The van der Waals surface area contributed by atoms with Gasteiger partial charge < -0.3 is 5.73 Å². The number of hydrogen-bond donors (Lipinski definition) is 1. The zero-order valence-corrected chi connectivity index (χ0v) is 10.2. The first kappa shape index (κ1) is 10.6. The lowest BCUT2D eigenvalue weighted by molar-refractivity contribution is 0.426. The number of anilines is 1. The summed E-state index contributed by atoms with van der Waals surface area (Å²) in [6, 6.07) is 1.95. The smallest absolute Gasteiger partial charge is 0.163 e. The van der Waals surface area contributed by atoms with Crippen molar-refractivity contribution < 1.29 is 0 Å². The molecule has 1 fully saturated rings. The van der Waals surface area contributed by atoms with Crippen molar-refractivity contribution in [3.8, 4) is 0 Å². The molecule has 1 saturated carbocycles. The van der Waals surface area contributed by atoms with Crippen molar-refractivity contribution in [2.24, 2.45) is 0 Å². The normalized spacial score (nSPS) is 17.7. The molecule has 0 atom stereocenters. The Morgan fingerprint density at radius 2 is 2.00 bits per heavy atom. The summed E-state index contributed by atoms with van der Waals surface area (Å²) in [6.45, 7) is 2.03. The molecule has 0 spiro atoms. The van der Waals surface area contributed by atoms with Crippen LogP contribution in [0.3, 0.4) is 0 Å². The zero-order chi connectivity index (χ0) is 11.8. The maximum absolute atomic E-state index is 5.91. The standard InChI is InChI=1S/C13H18N4/c1-9-7-11(14)8-17-12(9)15-16-13(17)10-5-3-2-4-6-10/h7-8,10H,2-6,14H2,1H3. The summed E-state index contributed by atoms with van der Waals surface area (Å²) in [4.78, 5) is 0. The topological polar surface area (TPSA) is 56.2 Å². The third kappa shape index (κ3) is 1.77. The lowest BCUT2D eigenvalue weighted by Gasteiger charge is -2.19. The Balaban J connectivity index is 2.10. The van der Waals surface area contributed by atoms with Gasteiger partial charge in [-0.15, -0.1) is 10.2 Å². The molecule has 2 heterocycles. The molecule has 0 bridgehead atoms. The van der Waals surface area contributed by atoms with Gasteiger partial charge in [0.1, 0.15) is 5.82 Å². The highest BCUT2D eigenvalue weighted by molar-refractivity contribution is 5.54. The number of nitrogens with zero attached hydrogens (tertiary/aromatic N) is 3. The van der Waals surface area contributed by atoms with Crippen LogP contribution < -0.4 is 5.73 Å². The number of aryl methyl sites for hydroxylation is 1. The van der Waals surface area contributed by atoms with Gasteiger partial charge in [-0.25, -0.2) is 0 Å². The molecule has 0 saturated heterocycles. The molecular weight excluding hydrogens is 212 g/mol. The van der Waals surface area contributed by atoms with Crippen LogP contribution in [0.2, 0.25) is 0 Å². The van der Waals surface area contributed by atoms with Gasteiger partial charge in [0.25, 0.3) is 0 Å². The number of aromatic nitrogens is 3. The second-order valence-corrected chi connectivity index (χ2v) is 5.04. The third-order valence-corrected chi connectivity index (χ3v) is 3.71. The van der Waals surface area contributed by atoms with E-state index in [1.165, 1.54) is 32.1 Å². The fourth-order valence-electron chi connectivity index (χ4n) is 2.84. The van der Waals surface area contributed by atoms with Crippen LogP contribution in [0, 0.1) is 6.92 Å². The molecule has 0 aliphatic heterocycles. The number of fused-ring (bicyclic) bond motifs is 1. The van der Waals surface area contributed by atoms with Crippen molar-refractivity contribution in [2.75, 3.05) is 5.73 Å². The minimum absolute atomic E-state index is 0.556. The summed E-state index contributed by atoms with van der Waals surface area (Å²) in [6.07, 6.45) is 8.38. The van der Waals surface area contributed by atoms with Gasteiger partial charge in [0.15, 0.2) is 5.65 Å². The Kier molecular flexibility index (Phi) is 2.50. The number of rotatable bonds is 1. The van der Waals surface area contributed by atoms with E-state index in [9.17, 15) is 0 Å². The number of nitrogens with two attached hydrogens (primary N) is 1. The van der Waals surface area contributed by atoms with Gasteiger partial charge in [-0.1, -0.05) is 19.3 Å². The molecule has 3 rings (SSSR count). The summed E-state index contributed by atoms with van der Waals surface area (Å²) >= 11 is 0. The Hall–Kier alpha value is -1.58. The van der Waals surface area contributed by atoms with Gasteiger partial charge in [0.2, 0.25) is 0 Å². The Morgan fingerprint density at radius 3 is 2.76 bits per heavy atom. The molecule has 0 unspecified atom stereocenters. The van der Waals surface area contributed by atoms with E-state index < -0.39 is 0 Å². The maximum Gasteiger partial charge on any atom is 0.163 e. The maximum atomic E-state index is 5.91. The van der Waals surface area contributed by atoms with Gasteiger partial charge in [-0.3, -0.25) is 4.40 Å². The first-order valence-electron chi connectivity index (χ1n) is 6.36. The lowest BCUT2D eigenvalue weighted by Crippen LogP contribution is -2.09. The highest BCUT2D eigenvalue weighted by atomic mass is 15.2. The predicted molar refractivity (Wildman–Crippen MR) is 68.0 cm³/mol. The van der Waals surface area contributed by atoms with Crippen molar-refractivity contribution in [2.45, 2.75) is 44.9 Å². The van der Waals surface area contributed by atoms with Crippen LogP contribution in [0.4, 0.5) is 5.69 Å². The molecule has 0 aromatic carbocycles. The van der Waals surface area contributed by atoms with Crippen molar-refractivity contribution >= 4 is 11.3 Å². The average molecular weight is 230 g/mol. The predicted octanol–water partition coefficient (Wildman–Crippen LogP) is 2.67. The Labute approximate surface area is 101 Å². The van der Waals surface area contributed by atoms with Crippen LogP contribution in [0.1, 0.15) is 49.4 Å². The highest BCUT2D eigenvalue weighted by Crippen LogP contribution is 2.32. The van der Waals surface area contributed by atoms with Gasteiger partial charge in [0.05, 0.1) is 0 Å². The van der Waals surface area contributed by atoms with Crippen molar-refractivity contribution in [1.82, 2.24) is 14.6 Å². The van der Waals surface area contributed by atoms with Crippen LogP contribution in [-0.2, 0) is 0 Å². The average Bonchev–Trinajstić information content (AvgIpc) is 2.74. The van der Waals surface area contributed by atoms with Crippen molar-refractivity contribution in [1.29, 1.82) is 0 Å². The summed E-state index contributed by atoms with van der Waals surface area (Å²) in [7, 11) is 0. The van der Waals surface area contributed by atoms with Crippen molar-refractivity contribution in [3.05, 3.63) is 23.7 Å². The van der Waals surface area contributed by atoms with E-state index in [4.69, 9.17) is 5.73 Å². The fourth-order valence-corrected chi connectivity index (χ4v) is 2.84. The molecule has 17 heavy (non-hydrogen) atoms. The van der Waals surface area contributed by atoms with Gasteiger partial charge in [0, 0.05) is 17.8 Å². The van der Waals surface area contributed by atoms with Crippen LogP contribution in [0.15, 0.2) is 12.3 Å². The van der Waals surface area contributed by atoms with E-state index >= 15 is 0 Å². The summed E-state index contributed by atoms with van der Waals surface area (Å²) in [5, 5.41) is 8.67. The van der Waals surface area contributed by atoms with Gasteiger partial charge >= 0.3 is 0 Å². The monoisotopic (exact) mass is 230 g/mol. The molecule has 4 nitrogen and oxygen atoms in total. The van der Waals surface area contributed by atoms with E-state index in [0.29, 0.717) is 5.92 Å². The fraction of sp³-hybridized carbons (Fsp3) is 0.538. The van der Waals surface area contributed by atoms with E-state index in [0.717, 1.165) is 22.7 Å². The SMILES string of the molecule is Cc1cc(N)cn2c(C3CCCCC3)nnc12. The molecule has 1 aliphatic carbocycles. The summed E-state index contributed by atoms with van der Waals surface area (Å²) in [5.41, 5.74) is 8.73. The molecule has 0 radical (unpaired) electrons. The van der Waals surface area contributed by atoms with Gasteiger partial charge in [-0.05, 0) is 31.4 Å². The lowest BCUT2D eigenvalue weighted by atomic mass is 9.89. The largest absolute Gasteiger partial charge is 0.398 e. The first-order valence-corrected chi connectivity index (χ1v) is 6.36. The summed E-state index contributed by atoms with van der Waals surface area (Å²) < 4.78 is 2.08. The number of pyridine rings is 1. The summed E-state index contributed by atoms with van der Waals surface area (Å²) in [5.74, 6) is 1.65. The molecule has 90 valence electrons. The molecule has 0 amide bonds. The van der Waals surface area contributed by atoms with Crippen LogP contribution in [-0.4, -0.2) is 14.6 Å². The highest BCUT2D eigenvalue weighted by Gasteiger charge is 2.21. The quantitative estimate of drug-likeness (QED) is 0.819.